The first-order valence-electron chi connectivity index (χ1n) is 4.46. The zero-order chi connectivity index (χ0) is 10.2. The summed E-state index contributed by atoms with van der Waals surface area (Å²) in [6, 6.07) is 0. The fraction of sp³-hybridized carbons (Fsp3) is 0.545. The van der Waals surface area contributed by atoms with Crippen LogP contribution in [0.5, 0.6) is 0 Å². The van der Waals surface area contributed by atoms with Crippen molar-refractivity contribution in [1.29, 1.82) is 0 Å². The van der Waals surface area contributed by atoms with Crippen LogP contribution in [0.3, 0.4) is 0 Å². The van der Waals surface area contributed by atoms with Gasteiger partial charge in [-0.15, -0.1) is 6.58 Å². The molecule has 0 bridgehead atoms. The summed E-state index contributed by atoms with van der Waals surface area (Å²) in [4.78, 5) is 11.4. The van der Waals surface area contributed by atoms with Gasteiger partial charge in [0.05, 0.1) is 0 Å². The molecule has 1 aliphatic carbocycles. The Kier molecular flexibility index (Phi) is 2.44. The van der Waals surface area contributed by atoms with Crippen molar-refractivity contribution in [3.05, 3.63) is 23.8 Å². The lowest BCUT2D eigenvalue weighted by Crippen LogP contribution is -2.35. The summed E-state index contributed by atoms with van der Waals surface area (Å²) in [5, 5.41) is 9.50. The van der Waals surface area contributed by atoms with Gasteiger partial charge in [0.25, 0.3) is 0 Å². The molecule has 2 heteroatoms. The molecule has 0 spiro atoms. The predicted molar refractivity (Wildman–Crippen MR) is 52.3 cm³/mol. The zero-order valence-electron chi connectivity index (χ0n) is 8.42. The van der Waals surface area contributed by atoms with Crippen LogP contribution in [0.1, 0.15) is 27.2 Å². The minimum atomic E-state index is -0.855. The largest absolute Gasteiger partial charge is 0.385 e. The number of rotatable bonds is 1. The van der Waals surface area contributed by atoms with Gasteiger partial charge < -0.3 is 5.11 Å². The summed E-state index contributed by atoms with van der Waals surface area (Å²) in [6.45, 7) is 9.44. The van der Waals surface area contributed by atoms with Gasteiger partial charge in [0.2, 0.25) is 0 Å². The molecular weight excluding hydrogens is 164 g/mol. The molecule has 0 fully saturated rings. The van der Waals surface area contributed by atoms with Crippen LogP contribution >= 0.6 is 0 Å². The molecule has 0 aromatic carbocycles. The van der Waals surface area contributed by atoms with Gasteiger partial charge >= 0.3 is 0 Å². The van der Waals surface area contributed by atoms with E-state index < -0.39 is 6.10 Å². The van der Waals surface area contributed by atoms with Crippen molar-refractivity contribution in [2.45, 2.75) is 33.3 Å². The average molecular weight is 180 g/mol. The van der Waals surface area contributed by atoms with E-state index in [1.165, 1.54) is 0 Å². The van der Waals surface area contributed by atoms with Crippen molar-refractivity contribution in [2.24, 2.45) is 5.41 Å². The molecule has 0 aliphatic heterocycles. The highest BCUT2D eigenvalue weighted by molar-refractivity contribution is 6.00. The highest BCUT2D eigenvalue weighted by Gasteiger charge is 2.36. The smallest absolute Gasteiger partial charge is 0.186 e. The van der Waals surface area contributed by atoms with E-state index in [9.17, 15) is 9.90 Å². The maximum atomic E-state index is 11.4. The molecule has 13 heavy (non-hydrogen) atoms. The molecule has 1 aliphatic rings. The zero-order valence-corrected chi connectivity index (χ0v) is 8.42. The number of carbonyl (C=O) groups excluding carboxylic acids is 1. The van der Waals surface area contributed by atoms with E-state index in [0.29, 0.717) is 12.0 Å². The van der Waals surface area contributed by atoms with Crippen molar-refractivity contribution < 1.29 is 9.90 Å². The maximum absolute atomic E-state index is 11.4. The molecule has 1 N–H and O–H groups in total. The van der Waals surface area contributed by atoms with Gasteiger partial charge in [0, 0.05) is 5.41 Å². The Labute approximate surface area is 79.0 Å². The van der Waals surface area contributed by atoms with Gasteiger partial charge in [0.1, 0.15) is 6.10 Å². The number of ketones is 1. The van der Waals surface area contributed by atoms with Crippen LogP contribution in [0.25, 0.3) is 0 Å². The summed E-state index contributed by atoms with van der Waals surface area (Å²) in [6.07, 6.45) is 1.41. The topological polar surface area (TPSA) is 37.3 Å². The second-order valence-corrected chi connectivity index (χ2v) is 3.96. The van der Waals surface area contributed by atoms with E-state index in [4.69, 9.17) is 0 Å². The van der Waals surface area contributed by atoms with Crippen LogP contribution in [0.2, 0.25) is 0 Å². The molecule has 72 valence electrons. The molecule has 0 radical (unpaired) electrons. The number of aliphatic hydroxyl groups excluding tert-OH is 1. The molecule has 0 aromatic rings. The molecule has 0 aromatic heterocycles. The van der Waals surface area contributed by atoms with E-state index >= 15 is 0 Å². The Bertz CT molecular complexity index is 288. The van der Waals surface area contributed by atoms with Crippen molar-refractivity contribution in [1.82, 2.24) is 0 Å². The first-order valence-corrected chi connectivity index (χ1v) is 4.46. The minimum Gasteiger partial charge on any atom is -0.385 e. The van der Waals surface area contributed by atoms with Crippen LogP contribution < -0.4 is 0 Å². The number of allylic oxidation sites excluding steroid dienone is 2. The van der Waals surface area contributed by atoms with E-state index in [1.54, 1.807) is 6.92 Å². The first kappa shape index (κ1) is 10.2. The maximum Gasteiger partial charge on any atom is 0.186 e. The third-order valence-corrected chi connectivity index (χ3v) is 3.16. The van der Waals surface area contributed by atoms with Crippen molar-refractivity contribution in [3.63, 3.8) is 0 Å². The fourth-order valence-corrected chi connectivity index (χ4v) is 1.75. The van der Waals surface area contributed by atoms with Crippen LogP contribution in [0.15, 0.2) is 23.8 Å². The third kappa shape index (κ3) is 1.46. The van der Waals surface area contributed by atoms with Crippen molar-refractivity contribution in [2.75, 3.05) is 0 Å². The van der Waals surface area contributed by atoms with Gasteiger partial charge in [-0.05, 0) is 25.8 Å². The molecule has 1 rings (SSSR count). The highest BCUT2D eigenvalue weighted by Crippen LogP contribution is 2.39. The van der Waals surface area contributed by atoms with Crippen LogP contribution in [0.4, 0.5) is 0 Å². The molecule has 2 atom stereocenters. The van der Waals surface area contributed by atoms with Crippen LogP contribution in [0, 0.1) is 5.41 Å². The Balaban J connectivity index is 3.21. The number of carbonyl (C=O) groups is 1. The molecule has 2 nitrogen and oxygen atoms in total. The minimum absolute atomic E-state index is 0.142. The monoisotopic (exact) mass is 180 g/mol. The lowest BCUT2D eigenvalue weighted by Gasteiger charge is -2.35. The Morgan fingerprint density at radius 3 is 2.62 bits per heavy atom. The van der Waals surface area contributed by atoms with E-state index in [0.717, 1.165) is 5.57 Å². The molecule has 0 heterocycles. The lowest BCUT2D eigenvalue weighted by atomic mass is 9.70. The van der Waals surface area contributed by atoms with Crippen LogP contribution in [-0.4, -0.2) is 17.0 Å². The van der Waals surface area contributed by atoms with Gasteiger partial charge in [-0.25, -0.2) is 0 Å². The highest BCUT2D eigenvalue weighted by atomic mass is 16.3. The Morgan fingerprint density at radius 2 is 2.15 bits per heavy atom. The number of aliphatic hydroxyl groups is 1. The molecule has 0 saturated heterocycles. The van der Waals surface area contributed by atoms with Crippen molar-refractivity contribution in [3.8, 4) is 0 Å². The second kappa shape index (κ2) is 3.11. The van der Waals surface area contributed by atoms with Gasteiger partial charge in [-0.2, -0.15) is 0 Å². The molecule has 0 saturated carbocycles. The predicted octanol–water partition coefficient (Wildman–Crippen LogP) is 1.85. The summed E-state index contributed by atoms with van der Waals surface area (Å²) in [5.74, 6) is -0.142. The summed E-state index contributed by atoms with van der Waals surface area (Å²) in [5.41, 5.74) is 1.48. The van der Waals surface area contributed by atoms with Gasteiger partial charge in [-0.3, -0.25) is 4.79 Å². The average Bonchev–Trinajstić information content (AvgIpc) is 2.12. The quantitative estimate of drug-likeness (QED) is 0.625. The standard InChI is InChI=1S/C11H16O2/c1-5-11(4)6-9(12)10(13)7(2)8(11)3/h5,9,12H,1,6H2,2-4H3. The van der Waals surface area contributed by atoms with E-state index in [2.05, 4.69) is 6.58 Å². The molecule has 2 unspecified atom stereocenters. The van der Waals surface area contributed by atoms with E-state index in [-0.39, 0.29) is 11.2 Å². The number of hydrogen-bond donors (Lipinski definition) is 1. The summed E-state index contributed by atoms with van der Waals surface area (Å²) < 4.78 is 0. The normalized spacial score (nSPS) is 35.1. The summed E-state index contributed by atoms with van der Waals surface area (Å²) in [7, 11) is 0. The Hall–Kier alpha value is -0.890. The van der Waals surface area contributed by atoms with Gasteiger partial charge in [0.15, 0.2) is 5.78 Å². The van der Waals surface area contributed by atoms with Gasteiger partial charge in [-0.1, -0.05) is 18.6 Å². The first-order chi connectivity index (χ1) is 5.92. The molecular formula is C11H16O2. The number of Topliss-reactive ketones (excluding diaryl/α,β-unsaturated/α-hetero) is 1. The van der Waals surface area contributed by atoms with Crippen LogP contribution in [-0.2, 0) is 4.79 Å². The molecule has 0 amide bonds. The van der Waals surface area contributed by atoms with E-state index in [1.807, 2.05) is 19.9 Å². The lowest BCUT2D eigenvalue weighted by molar-refractivity contribution is -0.125. The fourth-order valence-electron chi connectivity index (χ4n) is 1.75. The second-order valence-electron chi connectivity index (χ2n) is 3.96. The Morgan fingerprint density at radius 1 is 1.62 bits per heavy atom. The summed E-state index contributed by atoms with van der Waals surface area (Å²) >= 11 is 0. The number of hydrogen-bond acceptors (Lipinski definition) is 2. The van der Waals surface area contributed by atoms with Crippen molar-refractivity contribution >= 4 is 5.78 Å². The third-order valence-electron chi connectivity index (χ3n) is 3.16. The SMILES string of the molecule is C=CC1(C)CC(O)C(=O)C(C)=C1C.